The first-order chi connectivity index (χ1) is 9.24. The molecule has 1 aliphatic carbocycles. The standard InChI is InChI=1S/C14H25N3O2/c1-3-10-4-6-11(7-5-10)13-16-14(19-17-13)12(15)8-9-18-2/h10-12H,3-9,15H2,1-2H3. The normalized spacial score (nSPS) is 25.4. The van der Waals surface area contributed by atoms with E-state index >= 15 is 0 Å². The first-order valence-corrected chi connectivity index (χ1v) is 7.32. The minimum atomic E-state index is -0.215. The Balaban J connectivity index is 1.90. The summed E-state index contributed by atoms with van der Waals surface area (Å²) in [7, 11) is 1.66. The number of methoxy groups -OCH3 is 1. The van der Waals surface area contributed by atoms with Gasteiger partial charge in [-0.3, -0.25) is 0 Å². The lowest BCUT2D eigenvalue weighted by atomic mass is 9.80. The average Bonchev–Trinajstić information content (AvgIpc) is 2.94. The molecule has 0 spiro atoms. The summed E-state index contributed by atoms with van der Waals surface area (Å²) in [4.78, 5) is 4.48. The zero-order valence-corrected chi connectivity index (χ0v) is 12.0. The fraction of sp³-hybridized carbons (Fsp3) is 0.857. The number of nitrogens with two attached hydrogens (primary N) is 1. The molecule has 5 heteroatoms. The zero-order valence-electron chi connectivity index (χ0n) is 12.0. The van der Waals surface area contributed by atoms with Gasteiger partial charge in [0.15, 0.2) is 5.82 Å². The summed E-state index contributed by atoms with van der Waals surface area (Å²) in [6, 6.07) is -0.215. The summed E-state index contributed by atoms with van der Waals surface area (Å²) < 4.78 is 10.3. The molecule has 1 unspecified atom stereocenters. The number of rotatable bonds is 6. The molecule has 1 heterocycles. The Morgan fingerprint density at radius 2 is 2.11 bits per heavy atom. The van der Waals surface area contributed by atoms with Crippen molar-refractivity contribution in [3.63, 3.8) is 0 Å². The van der Waals surface area contributed by atoms with Crippen LogP contribution in [0.25, 0.3) is 0 Å². The van der Waals surface area contributed by atoms with Crippen molar-refractivity contribution >= 4 is 0 Å². The summed E-state index contributed by atoms with van der Waals surface area (Å²) in [5.74, 6) is 2.73. The SMILES string of the molecule is CCC1CCC(c2noc(C(N)CCOC)n2)CC1. The summed E-state index contributed by atoms with van der Waals surface area (Å²) in [5.41, 5.74) is 5.99. The van der Waals surface area contributed by atoms with Gasteiger partial charge in [0, 0.05) is 19.6 Å². The van der Waals surface area contributed by atoms with Crippen molar-refractivity contribution in [2.75, 3.05) is 13.7 Å². The van der Waals surface area contributed by atoms with E-state index in [1.807, 2.05) is 0 Å². The van der Waals surface area contributed by atoms with Gasteiger partial charge in [-0.25, -0.2) is 0 Å². The molecular formula is C14H25N3O2. The van der Waals surface area contributed by atoms with Gasteiger partial charge in [-0.05, 0) is 38.0 Å². The third-order valence-electron chi connectivity index (χ3n) is 4.20. The molecule has 1 aromatic heterocycles. The van der Waals surface area contributed by atoms with Crippen LogP contribution in [0, 0.1) is 5.92 Å². The molecule has 0 radical (unpaired) electrons. The largest absolute Gasteiger partial charge is 0.385 e. The maximum Gasteiger partial charge on any atom is 0.243 e. The van der Waals surface area contributed by atoms with E-state index < -0.39 is 0 Å². The number of aromatic nitrogens is 2. The number of hydrogen-bond donors (Lipinski definition) is 1. The summed E-state index contributed by atoms with van der Waals surface area (Å²) in [5, 5.41) is 4.11. The first-order valence-electron chi connectivity index (χ1n) is 7.32. The van der Waals surface area contributed by atoms with Crippen LogP contribution in [0.2, 0.25) is 0 Å². The molecule has 19 heavy (non-hydrogen) atoms. The molecule has 0 aliphatic heterocycles. The molecule has 2 N–H and O–H groups in total. The van der Waals surface area contributed by atoms with E-state index in [4.69, 9.17) is 15.0 Å². The Bertz CT molecular complexity index is 373. The second kappa shape index (κ2) is 7.01. The van der Waals surface area contributed by atoms with E-state index in [0.29, 0.717) is 24.8 Å². The van der Waals surface area contributed by atoms with Crippen molar-refractivity contribution in [3.05, 3.63) is 11.7 Å². The summed E-state index contributed by atoms with van der Waals surface area (Å²) in [6.07, 6.45) is 6.89. The van der Waals surface area contributed by atoms with Gasteiger partial charge in [-0.2, -0.15) is 4.98 Å². The van der Waals surface area contributed by atoms with Crippen LogP contribution in [-0.2, 0) is 4.74 Å². The molecule has 5 nitrogen and oxygen atoms in total. The molecule has 0 amide bonds. The summed E-state index contributed by atoms with van der Waals surface area (Å²) in [6.45, 7) is 2.88. The van der Waals surface area contributed by atoms with E-state index in [2.05, 4.69) is 17.1 Å². The molecule has 0 saturated heterocycles. The van der Waals surface area contributed by atoms with E-state index in [-0.39, 0.29) is 6.04 Å². The minimum absolute atomic E-state index is 0.215. The Morgan fingerprint density at radius 1 is 1.37 bits per heavy atom. The van der Waals surface area contributed by atoms with Gasteiger partial charge in [0.25, 0.3) is 0 Å². The second-order valence-corrected chi connectivity index (χ2v) is 5.50. The smallest absolute Gasteiger partial charge is 0.243 e. The van der Waals surface area contributed by atoms with Gasteiger partial charge in [-0.15, -0.1) is 0 Å². The van der Waals surface area contributed by atoms with E-state index in [1.165, 1.54) is 32.1 Å². The van der Waals surface area contributed by atoms with Gasteiger partial charge in [0.2, 0.25) is 5.89 Å². The number of ether oxygens (including phenoxy) is 1. The highest BCUT2D eigenvalue weighted by Crippen LogP contribution is 2.35. The van der Waals surface area contributed by atoms with Gasteiger partial charge in [0.1, 0.15) is 0 Å². The van der Waals surface area contributed by atoms with Gasteiger partial charge >= 0.3 is 0 Å². The average molecular weight is 267 g/mol. The van der Waals surface area contributed by atoms with Crippen LogP contribution in [0.4, 0.5) is 0 Å². The fourth-order valence-electron chi connectivity index (χ4n) is 2.76. The highest BCUT2D eigenvalue weighted by atomic mass is 16.5. The van der Waals surface area contributed by atoms with E-state index in [1.54, 1.807) is 7.11 Å². The highest BCUT2D eigenvalue weighted by Gasteiger charge is 2.26. The van der Waals surface area contributed by atoms with Crippen molar-refractivity contribution in [1.29, 1.82) is 0 Å². The molecule has 2 rings (SSSR count). The van der Waals surface area contributed by atoms with Crippen LogP contribution in [-0.4, -0.2) is 23.9 Å². The molecule has 1 aliphatic rings. The lowest BCUT2D eigenvalue weighted by Gasteiger charge is -2.25. The predicted molar refractivity (Wildman–Crippen MR) is 72.7 cm³/mol. The maximum absolute atomic E-state index is 5.99. The van der Waals surface area contributed by atoms with Crippen molar-refractivity contribution in [2.24, 2.45) is 11.7 Å². The lowest BCUT2D eigenvalue weighted by Crippen LogP contribution is -2.15. The predicted octanol–water partition coefficient (Wildman–Crippen LogP) is 2.79. The van der Waals surface area contributed by atoms with Crippen LogP contribution >= 0.6 is 0 Å². The minimum Gasteiger partial charge on any atom is -0.385 e. The number of nitrogens with zero attached hydrogens (tertiary/aromatic N) is 2. The molecule has 0 bridgehead atoms. The molecule has 0 aromatic carbocycles. The number of hydrogen-bond acceptors (Lipinski definition) is 5. The van der Waals surface area contributed by atoms with Gasteiger partial charge in [-0.1, -0.05) is 18.5 Å². The van der Waals surface area contributed by atoms with E-state index in [0.717, 1.165) is 11.7 Å². The monoisotopic (exact) mass is 267 g/mol. The van der Waals surface area contributed by atoms with E-state index in [9.17, 15) is 0 Å². The Hall–Kier alpha value is -0.940. The first kappa shape index (κ1) is 14.5. The second-order valence-electron chi connectivity index (χ2n) is 5.50. The van der Waals surface area contributed by atoms with Gasteiger partial charge in [0.05, 0.1) is 6.04 Å². The van der Waals surface area contributed by atoms with Crippen molar-refractivity contribution in [1.82, 2.24) is 10.1 Å². The Morgan fingerprint density at radius 3 is 2.74 bits per heavy atom. The van der Waals surface area contributed by atoms with Gasteiger partial charge < -0.3 is 15.0 Å². The fourth-order valence-corrected chi connectivity index (χ4v) is 2.76. The van der Waals surface area contributed by atoms with Crippen LogP contribution in [0.5, 0.6) is 0 Å². The molecule has 1 fully saturated rings. The molecule has 1 aromatic rings. The highest BCUT2D eigenvalue weighted by molar-refractivity contribution is 4.99. The van der Waals surface area contributed by atoms with Crippen LogP contribution in [0.1, 0.15) is 69.1 Å². The Kier molecular flexibility index (Phi) is 5.34. The van der Waals surface area contributed by atoms with Crippen LogP contribution in [0.3, 0.4) is 0 Å². The van der Waals surface area contributed by atoms with Crippen molar-refractivity contribution < 1.29 is 9.26 Å². The van der Waals surface area contributed by atoms with Crippen LogP contribution in [0.15, 0.2) is 4.52 Å². The topological polar surface area (TPSA) is 74.2 Å². The van der Waals surface area contributed by atoms with Crippen molar-refractivity contribution in [3.8, 4) is 0 Å². The molecule has 1 saturated carbocycles. The maximum atomic E-state index is 5.99. The molecule has 1 atom stereocenters. The Labute approximate surface area is 114 Å². The third kappa shape index (κ3) is 3.76. The lowest BCUT2D eigenvalue weighted by molar-refractivity contribution is 0.182. The summed E-state index contributed by atoms with van der Waals surface area (Å²) >= 11 is 0. The zero-order chi connectivity index (χ0) is 13.7. The third-order valence-corrected chi connectivity index (χ3v) is 4.20. The molecular weight excluding hydrogens is 242 g/mol. The van der Waals surface area contributed by atoms with Crippen LogP contribution < -0.4 is 5.73 Å². The van der Waals surface area contributed by atoms with Crippen molar-refractivity contribution in [2.45, 2.75) is 57.4 Å². The quantitative estimate of drug-likeness (QED) is 0.857. The molecule has 108 valence electrons.